The van der Waals surface area contributed by atoms with Crippen molar-refractivity contribution >= 4 is 0 Å². The summed E-state index contributed by atoms with van der Waals surface area (Å²) in [5, 5.41) is 20.7. The number of hydrogen-bond acceptors (Lipinski definition) is 2. The fourth-order valence-electron chi connectivity index (χ4n) is 5.56. The lowest BCUT2D eigenvalue weighted by Crippen LogP contribution is -2.48. The molecular weight excluding hydrogens is 224 g/mol. The fourth-order valence-corrected chi connectivity index (χ4v) is 5.56. The Morgan fingerprint density at radius 3 is 2.11 bits per heavy atom. The summed E-state index contributed by atoms with van der Waals surface area (Å²) < 4.78 is 0. The van der Waals surface area contributed by atoms with E-state index in [0.29, 0.717) is 23.2 Å². The predicted octanol–water partition coefficient (Wildman–Crippen LogP) is 3.32. The van der Waals surface area contributed by atoms with Crippen LogP contribution in [0.2, 0.25) is 0 Å². The molecule has 2 nitrogen and oxygen atoms in total. The van der Waals surface area contributed by atoms with Gasteiger partial charge in [-0.15, -0.1) is 0 Å². The number of hydrogen-bond donors (Lipinski definition) is 2. The SMILES string of the molecule is CC1(C)C2CCC1(C)C(C1CCCCC1(O)O)C2. The highest BCUT2D eigenvalue weighted by molar-refractivity contribution is 5.12. The molecule has 4 atom stereocenters. The van der Waals surface area contributed by atoms with E-state index < -0.39 is 5.79 Å². The van der Waals surface area contributed by atoms with Gasteiger partial charge < -0.3 is 10.2 Å². The van der Waals surface area contributed by atoms with Gasteiger partial charge in [0, 0.05) is 12.3 Å². The number of rotatable bonds is 1. The van der Waals surface area contributed by atoms with Gasteiger partial charge in [-0.1, -0.05) is 27.2 Å². The monoisotopic (exact) mass is 252 g/mol. The van der Waals surface area contributed by atoms with Gasteiger partial charge in [0.05, 0.1) is 0 Å². The molecule has 4 unspecified atom stereocenters. The van der Waals surface area contributed by atoms with E-state index >= 15 is 0 Å². The van der Waals surface area contributed by atoms with E-state index in [4.69, 9.17) is 0 Å². The van der Waals surface area contributed by atoms with Crippen LogP contribution in [0.4, 0.5) is 0 Å². The van der Waals surface area contributed by atoms with Crippen molar-refractivity contribution in [2.75, 3.05) is 0 Å². The Bertz CT molecular complexity index is 347. The molecule has 0 saturated heterocycles. The van der Waals surface area contributed by atoms with E-state index in [9.17, 15) is 10.2 Å². The number of fused-ring (bicyclic) bond motifs is 2. The lowest BCUT2D eigenvalue weighted by molar-refractivity contribution is -0.239. The average Bonchev–Trinajstić information content (AvgIpc) is 2.60. The first-order valence-electron chi connectivity index (χ1n) is 7.74. The zero-order chi connectivity index (χ0) is 13.2. The van der Waals surface area contributed by atoms with E-state index in [-0.39, 0.29) is 5.92 Å². The Morgan fingerprint density at radius 2 is 1.61 bits per heavy atom. The minimum atomic E-state index is -1.40. The smallest absolute Gasteiger partial charge is 0.165 e. The zero-order valence-corrected chi connectivity index (χ0v) is 12.1. The van der Waals surface area contributed by atoms with Crippen molar-refractivity contribution in [1.29, 1.82) is 0 Å². The summed E-state index contributed by atoms with van der Waals surface area (Å²) in [5.74, 6) is 0.0274. The lowest BCUT2D eigenvalue weighted by atomic mass is 9.60. The molecule has 0 heterocycles. The Morgan fingerprint density at radius 1 is 0.889 bits per heavy atom. The van der Waals surface area contributed by atoms with E-state index in [1.54, 1.807) is 0 Å². The molecule has 104 valence electrons. The van der Waals surface area contributed by atoms with Crippen LogP contribution in [0.1, 0.15) is 65.7 Å². The summed E-state index contributed by atoms with van der Waals surface area (Å²) in [5.41, 5.74) is 0.696. The first kappa shape index (κ1) is 12.9. The normalized spacial score (nSPS) is 49.5. The zero-order valence-electron chi connectivity index (χ0n) is 12.1. The first-order valence-corrected chi connectivity index (χ1v) is 7.74. The van der Waals surface area contributed by atoms with Gasteiger partial charge in [-0.2, -0.15) is 0 Å². The van der Waals surface area contributed by atoms with Crippen LogP contribution >= 0.6 is 0 Å². The average molecular weight is 252 g/mol. The third-order valence-electron chi connectivity index (χ3n) is 7.25. The molecule has 0 aromatic rings. The van der Waals surface area contributed by atoms with Gasteiger partial charge in [0.15, 0.2) is 5.79 Å². The van der Waals surface area contributed by atoms with Gasteiger partial charge in [-0.25, -0.2) is 0 Å². The molecule has 0 radical (unpaired) electrons. The molecule has 2 N–H and O–H groups in total. The molecule has 0 aliphatic heterocycles. The van der Waals surface area contributed by atoms with Crippen molar-refractivity contribution in [1.82, 2.24) is 0 Å². The summed E-state index contributed by atoms with van der Waals surface area (Å²) in [4.78, 5) is 0. The Balaban J connectivity index is 1.90. The second-order valence-electron chi connectivity index (χ2n) is 7.95. The van der Waals surface area contributed by atoms with Crippen LogP contribution < -0.4 is 0 Å². The van der Waals surface area contributed by atoms with Gasteiger partial charge in [-0.3, -0.25) is 0 Å². The van der Waals surface area contributed by atoms with Gasteiger partial charge in [-0.05, 0) is 54.8 Å². The molecule has 2 heteroatoms. The molecule has 3 rings (SSSR count). The van der Waals surface area contributed by atoms with Crippen molar-refractivity contribution in [3.8, 4) is 0 Å². The van der Waals surface area contributed by atoms with E-state index in [2.05, 4.69) is 20.8 Å². The quantitative estimate of drug-likeness (QED) is 0.703. The second-order valence-corrected chi connectivity index (χ2v) is 7.95. The van der Waals surface area contributed by atoms with Crippen molar-refractivity contribution in [2.45, 2.75) is 71.5 Å². The van der Waals surface area contributed by atoms with Crippen LogP contribution in [0.25, 0.3) is 0 Å². The molecule has 18 heavy (non-hydrogen) atoms. The van der Waals surface area contributed by atoms with Crippen LogP contribution in [-0.2, 0) is 0 Å². The summed E-state index contributed by atoms with van der Waals surface area (Å²) in [7, 11) is 0. The summed E-state index contributed by atoms with van der Waals surface area (Å²) in [6.45, 7) is 7.23. The van der Waals surface area contributed by atoms with Crippen LogP contribution in [0.3, 0.4) is 0 Å². The Kier molecular flexibility index (Phi) is 2.68. The molecule has 0 amide bonds. The maximum absolute atomic E-state index is 10.4. The van der Waals surface area contributed by atoms with E-state index in [0.717, 1.165) is 18.8 Å². The maximum Gasteiger partial charge on any atom is 0.165 e. The standard InChI is InChI=1S/C16H28O2/c1-14(2)11-7-9-15(14,3)13(10-11)12-6-4-5-8-16(12,17)18/h11-13,17-18H,4-10H2,1-3H3. The van der Waals surface area contributed by atoms with Crippen molar-refractivity contribution in [3.63, 3.8) is 0 Å². The molecule has 2 bridgehead atoms. The van der Waals surface area contributed by atoms with Crippen molar-refractivity contribution in [3.05, 3.63) is 0 Å². The maximum atomic E-state index is 10.4. The van der Waals surface area contributed by atoms with Crippen LogP contribution in [-0.4, -0.2) is 16.0 Å². The Labute approximate surface area is 111 Å². The van der Waals surface area contributed by atoms with Crippen molar-refractivity contribution in [2.24, 2.45) is 28.6 Å². The minimum Gasteiger partial charge on any atom is -0.365 e. The largest absolute Gasteiger partial charge is 0.365 e. The summed E-state index contributed by atoms with van der Waals surface area (Å²) in [6.07, 6.45) is 7.58. The molecule has 3 fully saturated rings. The predicted molar refractivity (Wildman–Crippen MR) is 71.8 cm³/mol. The lowest BCUT2D eigenvalue weighted by Gasteiger charge is -2.48. The third kappa shape index (κ3) is 1.48. The van der Waals surface area contributed by atoms with E-state index in [1.807, 2.05) is 0 Å². The van der Waals surface area contributed by atoms with Gasteiger partial charge in [0.1, 0.15) is 0 Å². The molecule has 3 aliphatic carbocycles. The summed E-state index contributed by atoms with van der Waals surface area (Å²) in [6, 6.07) is 0. The highest BCUT2D eigenvalue weighted by Gasteiger charge is 2.64. The van der Waals surface area contributed by atoms with Crippen molar-refractivity contribution < 1.29 is 10.2 Å². The first-order chi connectivity index (χ1) is 8.29. The summed E-state index contributed by atoms with van der Waals surface area (Å²) >= 11 is 0. The molecule has 3 saturated carbocycles. The molecule has 0 aromatic carbocycles. The molecule has 0 spiro atoms. The van der Waals surface area contributed by atoms with Crippen LogP contribution in [0, 0.1) is 28.6 Å². The molecule has 0 aromatic heterocycles. The van der Waals surface area contributed by atoms with Gasteiger partial charge in [0.2, 0.25) is 0 Å². The number of aliphatic hydroxyl groups is 2. The van der Waals surface area contributed by atoms with Crippen LogP contribution in [0.15, 0.2) is 0 Å². The highest BCUT2D eigenvalue weighted by Crippen LogP contribution is 2.70. The molecular formula is C16H28O2. The van der Waals surface area contributed by atoms with E-state index in [1.165, 1.54) is 25.7 Å². The minimum absolute atomic E-state index is 0.112. The van der Waals surface area contributed by atoms with Crippen LogP contribution in [0.5, 0.6) is 0 Å². The fraction of sp³-hybridized carbons (Fsp3) is 1.00. The third-order valence-corrected chi connectivity index (χ3v) is 7.25. The highest BCUT2D eigenvalue weighted by atomic mass is 16.5. The topological polar surface area (TPSA) is 40.5 Å². The molecule has 3 aliphatic rings. The van der Waals surface area contributed by atoms with Gasteiger partial charge >= 0.3 is 0 Å². The Hall–Kier alpha value is -0.0800. The van der Waals surface area contributed by atoms with Gasteiger partial charge in [0.25, 0.3) is 0 Å². The second kappa shape index (κ2) is 3.73.